The maximum atomic E-state index is 12.6. The average Bonchev–Trinajstić information content (AvgIpc) is 3.39. The summed E-state index contributed by atoms with van der Waals surface area (Å²) in [6.45, 7) is 0.459. The number of hydrogen-bond donors (Lipinski definition) is 4. The van der Waals surface area contributed by atoms with Gasteiger partial charge in [0, 0.05) is 42.7 Å². The number of carbonyl (C=O) groups excluding carboxylic acids is 1. The zero-order chi connectivity index (χ0) is 24.0. The number of pyridine rings is 1. The van der Waals surface area contributed by atoms with Crippen LogP contribution in [0.25, 0.3) is 0 Å². The summed E-state index contributed by atoms with van der Waals surface area (Å²) in [7, 11) is -2.14. The first-order chi connectivity index (χ1) is 15.7. The van der Waals surface area contributed by atoms with Crippen molar-refractivity contribution in [3.8, 4) is 5.88 Å². The number of rotatable bonds is 10. The van der Waals surface area contributed by atoms with E-state index in [1.165, 1.54) is 19.4 Å². The number of aromatic nitrogens is 3. The lowest BCUT2D eigenvalue weighted by atomic mass is 9.98. The first kappa shape index (κ1) is 24.5. The SMILES string of the molecule is COc1cc(CC(=O)Nc2cc(C3CCC(CCCNC(=O)O)C3)[nH]n2)c(S(C)(=O)=O)cn1. The van der Waals surface area contributed by atoms with Gasteiger partial charge in [-0.1, -0.05) is 0 Å². The molecule has 2 atom stereocenters. The van der Waals surface area contributed by atoms with E-state index in [9.17, 15) is 18.0 Å². The average molecular weight is 480 g/mol. The van der Waals surface area contributed by atoms with Crippen LogP contribution in [-0.2, 0) is 21.1 Å². The standard InChI is InChI=1S/C21H29N5O6S/c1-32-20-10-15(17(12-23-20)33(2,30)31)9-19(27)24-18-11-16(25-26-18)14-6-5-13(8-14)4-3-7-22-21(28)29/h10-14,22H,3-9H2,1-2H3,(H,28,29)(H2,24,25,26,27). The van der Waals surface area contributed by atoms with Gasteiger partial charge >= 0.3 is 6.09 Å². The van der Waals surface area contributed by atoms with Gasteiger partial charge in [0.25, 0.3) is 0 Å². The first-order valence-electron chi connectivity index (χ1n) is 10.7. The summed E-state index contributed by atoms with van der Waals surface area (Å²) < 4.78 is 29.1. The van der Waals surface area contributed by atoms with Crippen LogP contribution in [0, 0.1) is 5.92 Å². The number of carbonyl (C=O) groups is 2. The van der Waals surface area contributed by atoms with Crippen LogP contribution in [0.15, 0.2) is 23.2 Å². The first-order valence-corrected chi connectivity index (χ1v) is 12.6. The van der Waals surface area contributed by atoms with Gasteiger partial charge in [0.1, 0.15) is 0 Å². The number of ether oxygens (including phenoxy) is 1. The molecule has 0 spiro atoms. The van der Waals surface area contributed by atoms with Crippen molar-refractivity contribution in [2.24, 2.45) is 5.92 Å². The number of anilines is 1. The highest BCUT2D eigenvalue weighted by Gasteiger charge is 2.27. The Labute approximate surface area is 192 Å². The molecule has 180 valence electrons. The van der Waals surface area contributed by atoms with E-state index in [-0.39, 0.29) is 17.2 Å². The molecule has 1 saturated carbocycles. The van der Waals surface area contributed by atoms with Gasteiger partial charge in [-0.3, -0.25) is 9.89 Å². The van der Waals surface area contributed by atoms with Crippen LogP contribution in [0.3, 0.4) is 0 Å². The van der Waals surface area contributed by atoms with Crippen LogP contribution in [0.1, 0.15) is 49.3 Å². The van der Waals surface area contributed by atoms with Crippen LogP contribution < -0.4 is 15.4 Å². The summed E-state index contributed by atoms with van der Waals surface area (Å²) in [6, 6.07) is 3.25. The van der Waals surface area contributed by atoms with Gasteiger partial charge in [-0.25, -0.2) is 18.2 Å². The molecule has 4 N–H and O–H groups in total. The number of amides is 2. The number of methoxy groups -OCH3 is 1. The molecule has 11 nitrogen and oxygen atoms in total. The third-order valence-electron chi connectivity index (χ3n) is 5.79. The van der Waals surface area contributed by atoms with Crippen molar-refractivity contribution in [3.05, 3.63) is 29.6 Å². The predicted octanol–water partition coefficient (Wildman–Crippen LogP) is 2.33. The molecular formula is C21H29N5O6S. The zero-order valence-corrected chi connectivity index (χ0v) is 19.4. The lowest BCUT2D eigenvalue weighted by Gasteiger charge is -2.10. The molecule has 2 aromatic rings. The summed E-state index contributed by atoms with van der Waals surface area (Å²) in [6.07, 6.45) is 5.92. The number of nitrogens with one attached hydrogen (secondary N) is 3. The topological polar surface area (TPSA) is 163 Å². The van der Waals surface area contributed by atoms with E-state index in [0.29, 0.717) is 29.8 Å². The maximum Gasteiger partial charge on any atom is 0.404 e. The van der Waals surface area contributed by atoms with E-state index in [1.54, 1.807) is 0 Å². The fourth-order valence-corrected chi connectivity index (χ4v) is 5.07. The summed E-state index contributed by atoms with van der Waals surface area (Å²) in [5.74, 6) is 1.04. The fraction of sp³-hybridized carbons (Fsp3) is 0.524. The van der Waals surface area contributed by atoms with Crippen molar-refractivity contribution in [1.82, 2.24) is 20.5 Å². The molecule has 12 heteroatoms. The molecule has 2 unspecified atom stereocenters. The Hall–Kier alpha value is -3.15. The van der Waals surface area contributed by atoms with Gasteiger partial charge in [-0.2, -0.15) is 5.10 Å². The van der Waals surface area contributed by atoms with Crippen molar-refractivity contribution in [2.75, 3.05) is 25.2 Å². The Morgan fingerprint density at radius 1 is 1.30 bits per heavy atom. The number of aromatic amines is 1. The molecule has 3 rings (SSSR count). The fourth-order valence-electron chi connectivity index (χ4n) is 4.22. The summed E-state index contributed by atoms with van der Waals surface area (Å²) in [5, 5.41) is 20.9. The van der Waals surface area contributed by atoms with Crippen LogP contribution in [0.4, 0.5) is 10.6 Å². The third-order valence-corrected chi connectivity index (χ3v) is 6.96. The monoisotopic (exact) mass is 479 g/mol. The molecule has 0 radical (unpaired) electrons. The molecule has 2 amide bonds. The minimum Gasteiger partial charge on any atom is -0.481 e. The summed E-state index contributed by atoms with van der Waals surface area (Å²) in [4.78, 5) is 27.0. The lowest BCUT2D eigenvalue weighted by Crippen LogP contribution is -2.22. The normalized spacial score (nSPS) is 18.1. The Kier molecular flexibility index (Phi) is 7.90. The van der Waals surface area contributed by atoms with Gasteiger partial charge in [0.2, 0.25) is 11.8 Å². The predicted molar refractivity (Wildman–Crippen MR) is 120 cm³/mol. The molecule has 1 aliphatic rings. The number of nitrogens with zero attached hydrogens (tertiary/aromatic N) is 2. The van der Waals surface area contributed by atoms with Gasteiger partial charge in [-0.05, 0) is 43.6 Å². The smallest absolute Gasteiger partial charge is 0.404 e. The molecule has 0 bridgehead atoms. The maximum absolute atomic E-state index is 12.6. The quantitative estimate of drug-likeness (QED) is 0.377. The van der Waals surface area contributed by atoms with Crippen molar-refractivity contribution in [3.63, 3.8) is 0 Å². The van der Waals surface area contributed by atoms with Crippen LogP contribution in [0.2, 0.25) is 0 Å². The van der Waals surface area contributed by atoms with Gasteiger partial charge < -0.3 is 20.5 Å². The Balaban J connectivity index is 1.56. The minimum atomic E-state index is -3.55. The van der Waals surface area contributed by atoms with E-state index >= 15 is 0 Å². The van der Waals surface area contributed by atoms with Crippen LogP contribution >= 0.6 is 0 Å². The second kappa shape index (κ2) is 10.6. The second-order valence-corrected chi connectivity index (χ2v) is 10.3. The summed E-state index contributed by atoms with van der Waals surface area (Å²) in [5.41, 5.74) is 1.24. The molecule has 1 fully saturated rings. The van der Waals surface area contributed by atoms with E-state index in [2.05, 4.69) is 25.8 Å². The van der Waals surface area contributed by atoms with E-state index < -0.39 is 21.8 Å². The highest BCUT2D eigenvalue weighted by molar-refractivity contribution is 7.90. The molecule has 0 aromatic carbocycles. The molecule has 33 heavy (non-hydrogen) atoms. The van der Waals surface area contributed by atoms with Crippen molar-refractivity contribution < 1.29 is 27.9 Å². The highest BCUT2D eigenvalue weighted by atomic mass is 32.2. The minimum absolute atomic E-state index is 0.0169. The number of carboxylic acid groups (broad SMARTS) is 1. The Bertz CT molecular complexity index is 1100. The van der Waals surface area contributed by atoms with E-state index in [0.717, 1.165) is 44.1 Å². The van der Waals surface area contributed by atoms with Crippen LogP contribution in [-0.4, -0.2) is 60.6 Å². The molecule has 2 heterocycles. The molecule has 0 aliphatic heterocycles. The zero-order valence-electron chi connectivity index (χ0n) is 18.6. The molecule has 1 aliphatic carbocycles. The summed E-state index contributed by atoms with van der Waals surface area (Å²) >= 11 is 0. The largest absolute Gasteiger partial charge is 0.481 e. The number of H-pyrrole nitrogens is 1. The third kappa shape index (κ3) is 6.91. The molecule has 2 aromatic heterocycles. The Morgan fingerprint density at radius 2 is 2.09 bits per heavy atom. The number of hydrogen-bond acceptors (Lipinski definition) is 7. The van der Waals surface area contributed by atoms with E-state index in [1.807, 2.05) is 6.07 Å². The Morgan fingerprint density at radius 3 is 2.79 bits per heavy atom. The van der Waals surface area contributed by atoms with Gasteiger partial charge in [-0.15, -0.1) is 0 Å². The molecular weight excluding hydrogens is 450 g/mol. The molecule has 0 saturated heterocycles. The van der Waals surface area contributed by atoms with Crippen molar-refractivity contribution in [1.29, 1.82) is 0 Å². The van der Waals surface area contributed by atoms with Crippen molar-refractivity contribution >= 4 is 27.7 Å². The van der Waals surface area contributed by atoms with Crippen LogP contribution in [0.5, 0.6) is 5.88 Å². The van der Waals surface area contributed by atoms with E-state index in [4.69, 9.17) is 9.84 Å². The van der Waals surface area contributed by atoms with Crippen molar-refractivity contribution in [2.45, 2.75) is 49.3 Å². The number of sulfone groups is 1. The van der Waals surface area contributed by atoms with Gasteiger partial charge in [0.05, 0.1) is 18.4 Å². The second-order valence-electron chi connectivity index (χ2n) is 8.29. The van der Waals surface area contributed by atoms with Gasteiger partial charge in [0.15, 0.2) is 15.7 Å². The lowest BCUT2D eigenvalue weighted by molar-refractivity contribution is -0.115. The highest BCUT2D eigenvalue weighted by Crippen LogP contribution is 2.40.